The van der Waals surface area contributed by atoms with E-state index in [0.717, 1.165) is 25.7 Å². The van der Waals surface area contributed by atoms with Gasteiger partial charge in [-0.3, -0.25) is 4.98 Å². The van der Waals surface area contributed by atoms with Gasteiger partial charge in [-0.2, -0.15) is 5.26 Å². The van der Waals surface area contributed by atoms with Crippen molar-refractivity contribution in [2.75, 3.05) is 6.54 Å². The molecule has 3 N–H and O–H groups in total. The Hall–Kier alpha value is -1.49. The van der Waals surface area contributed by atoms with Gasteiger partial charge < -0.3 is 5.73 Å². The lowest BCUT2D eigenvalue weighted by atomic mass is 10.0. The maximum Gasteiger partial charge on any atom is 0.242 e. The van der Waals surface area contributed by atoms with Crippen LogP contribution in [0.2, 0.25) is 0 Å². The SMILES string of the molecule is N#Cc1cncc(S(=O)(=O)NC2(CN)CCCC2)c1. The second-order valence-corrected chi connectivity index (χ2v) is 6.50. The smallest absolute Gasteiger partial charge is 0.242 e. The number of hydrogen-bond acceptors (Lipinski definition) is 5. The molecule has 0 unspecified atom stereocenters. The number of aromatic nitrogens is 1. The number of nitrogens with zero attached hydrogens (tertiary/aromatic N) is 2. The second-order valence-electron chi connectivity index (χ2n) is 4.82. The van der Waals surface area contributed by atoms with E-state index in [1.54, 1.807) is 0 Å². The monoisotopic (exact) mass is 280 g/mol. The van der Waals surface area contributed by atoms with Crippen molar-refractivity contribution < 1.29 is 8.42 Å². The Labute approximate surface area is 112 Å². The molecule has 0 atom stereocenters. The third kappa shape index (κ3) is 2.92. The first-order valence-corrected chi connectivity index (χ1v) is 7.59. The van der Waals surface area contributed by atoms with Crippen LogP contribution < -0.4 is 10.5 Å². The summed E-state index contributed by atoms with van der Waals surface area (Å²) < 4.78 is 27.3. The maximum atomic E-state index is 12.3. The van der Waals surface area contributed by atoms with Gasteiger partial charge in [0, 0.05) is 24.5 Å². The van der Waals surface area contributed by atoms with Gasteiger partial charge in [0.2, 0.25) is 10.0 Å². The summed E-state index contributed by atoms with van der Waals surface area (Å²) in [6, 6.07) is 3.19. The molecular weight excluding hydrogens is 264 g/mol. The van der Waals surface area contributed by atoms with Gasteiger partial charge in [0.1, 0.15) is 11.0 Å². The maximum absolute atomic E-state index is 12.3. The molecule has 6 nitrogen and oxygen atoms in total. The van der Waals surface area contributed by atoms with E-state index in [0.29, 0.717) is 0 Å². The number of sulfonamides is 1. The summed E-state index contributed by atoms with van der Waals surface area (Å²) in [7, 11) is -3.69. The van der Waals surface area contributed by atoms with Crippen LogP contribution in [0.4, 0.5) is 0 Å². The van der Waals surface area contributed by atoms with Gasteiger partial charge in [-0.15, -0.1) is 0 Å². The van der Waals surface area contributed by atoms with E-state index >= 15 is 0 Å². The van der Waals surface area contributed by atoms with Crippen LogP contribution in [-0.4, -0.2) is 25.5 Å². The van der Waals surface area contributed by atoms with Crippen LogP contribution in [0, 0.1) is 11.3 Å². The first kappa shape index (κ1) is 13.9. The Bertz CT molecular complexity index is 600. The fraction of sp³-hybridized carbons (Fsp3) is 0.500. The van der Waals surface area contributed by atoms with Gasteiger partial charge in [0.25, 0.3) is 0 Å². The van der Waals surface area contributed by atoms with Crippen LogP contribution in [0.15, 0.2) is 23.4 Å². The minimum atomic E-state index is -3.69. The van der Waals surface area contributed by atoms with E-state index in [2.05, 4.69) is 9.71 Å². The zero-order valence-corrected chi connectivity index (χ0v) is 11.3. The molecule has 0 saturated heterocycles. The predicted molar refractivity (Wildman–Crippen MR) is 69.5 cm³/mol. The highest BCUT2D eigenvalue weighted by atomic mass is 32.2. The Kier molecular flexibility index (Phi) is 3.85. The molecule has 1 heterocycles. The number of hydrogen-bond donors (Lipinski definition) is 2. The molecule has 1 saturated carbocycles. The Morgan fingerprint density at radius 3 is 2.68 bits per heavy atom. The highest BCUT2D eigenvalue weighted by Gasteiger charge is 2.36. The molecule has 102 valence electrons. The molecule has 1 aromatic heterocycles. The number of nitriles is 1. The molecule has 7 heteroatoms. The van der Waals surface area contributed by atoms with Crippen molar-refractivity contribution in [1.82, 2.24) is 9.71 Å². The van der Waals surface area contributed by atoms with Crippen LogP contribution in [0.25, 0.3) is 0 Å². The summed E-state index contributed by atoms with van der Waals surface area (Å²) in [4.78, 5) is 3.78. The summed E-state index contributed by atoms with van der Waals surface area (Å²) >= 11 is 0. The van der Waals surface area contributed by atoms with E-state index < -0.39 is 15.6 Å². The van der Waals surface area contributed by atoms with Crippen molar-refractivity contribution in [3.05, 3.63) is 24.0 Å². The first-order chi connectivity index (χ1) is 9.01. The van der Waals surface area contributed by atoms with E-state index in [-0.39, 0.29) is 17.0 Å². The highest BCUT2D eigenvalue weighted by Crippen LogP contribution is 2.30. The van der Waals surface area contributed by atoms with Gasteiger partial charge in [-0.25, -0.2) is 13.1 Å². The topological polar surface area (TPSA) is 109 Å². The van der Waals surface area contributed by atoms with E-state index in [9.17, 15) is 8.42 Å². The van der Waals surface area contributed by atoms with Crippen LogP contribution in [0.3, 0.4) is 0 Å². The number of rotatable bonds is 4. The lowest BCUT2D eigenvalue weighted by Crippen LogP contribution is -2.51. The van der Waals surface area contributed by atoms with Crippen LogP contribution >= 0.6 is 0 Å². The van der Waals surface area contributed by atoms with Gasteiger partial charge in [-0.1, -0.05) is 12.8 Å². The lowest BCUT2D eigenvalue weighted by Gasteiger charge is -2.28. The second kappa shape index (κ2) is 5.25. The number of nitrogens with one attached hydrogen (secondary N) is 1. The standard InChI is InChI=1S/C12H16N4O2S/c13-6-10-5-11(8-15-7-10)19(17,18)16-12(9-14)3-1-2-4-12/h5,7-8,16H,1-4,9,14H2. The summed E-state index contributed by atoms with van der Waals surface area (Å²) in [5.41, 5.74) is 5.38. The lowest BCUT2D eigenvalue weighted by molar-refractivity contribution is 0.399. The van der Waals surface area contributed by atoms with Gasteiger partial charge in [0.05, 0.1) is 5.56 Å². The molecule has 1 aromatic rings. The highest BCUT2D eigenvalue weighted by molar-refractivity contribution is 7.89. The van der Waals surface area contributed by atoms with Crippen molar-refractivity contribution in [2.45, 2.75) is 36.1 Å². The average Bonchev–Trinajstić information content (AvgIpc) is 2.87. The summed E-state index contributed by atoms with van der Waals surface area (Å²) in [6.07, 6.45) is 5.99. The zero-order chi connectivity index (χ0) is 13.9. The Morgan fingerprint density at radius 2 is 2.11 bits per heavy atom. The van der Waals surface area contributed by atoms with E-state index in [1.165, 1.54) is 18.5 Å². The molecule has 0 amide bonds. The molecule has 0 radical (unpaired) electrons. The molecular formula is C12H16N4O2S. The molecule has 0 aliphatic heterocycles. The fourth-order valence-electron chi connectivity index (χ4n) is 2.37. The predicted octanol–water partition coefficient (Wildman–Crippen LogP) is 0.503. The minimum Gasteiger partial charge on any atom is -0.329 e. The average molecular weight is 280 g/mol. The zero-order valence-electron chi connectivity index (χ0n) is 10.5. The van der Waals surface area contributed by atoms with Crippen molar-refractivity contribution >= 4 is 10.0 Å². The van der Waals surface area contributed by atoms with Crippen molar-refractivity contribution in [3.8, 4) is 6.07 Å². The quantitative estimate of drug-likeness (QED) is 0.835. The summed E-state index contributed by atoms with van der Waals surface area (Å²) in [6.45, 7) is 0.275. The van der Waals surface area contributed by atoms with Crippen molar-refractivity contribution in [2.24, 2.45) is 5.73 Å². The molecule has 1 aliphatic rings. The molecule has 0 bridgehead atoms. The third-order valence-electron chi connectivity index (χ3n) is 3.45. The largest absolute Gasteiger partial charge is 0.329 e. The summed E-state index contributed by atoms with van der Waals surface area (Å²) in [5, 5.41) is 8.78. The first-order valence-electron chi connectivity index (χ1n) is 6.11. The van der Waals surface area contributed by atoms with Gasteiger partial charge in [0.15, 0.2) is 0 Å². The molecule has 1 fully saturated rings. The molecule has 19 heavy (non-hydrogen) atoms. The van der Waals surface area contributed by atoms with Crippen LogP contribution in [-0.2, 0) is 10.0 Å². The summed E-state index contributed by atoms with van der Waals surface area (Å²) in [5.74, 6) is 0. The Morgan fingerprint density at radius 1 is 1.42 bits per heavy atom. The molecule has 2 rings (SSSR count). The van der Waals surface area contributed by atoms with Crippen LogP contribution in [0.1, 0.15) is 31.2 Å². The van der Waals surface area contributed by atoms with E-state index in [4.69, 9.17) is 11.0 Å². The number of pyridine rings is 1. The number of nitrogens with two attached hydrogens (primary N) is 1. The molecule has 0 spiro atoms. The van der Waals surface area contributed by atoms with Crippen molar-refractivity contribution in [3.63, 3.8) is 0 Å². The minimum absolute atomic E-state index is 0.00581. The molecule has 0 aromatic carbocycles. The normalized spacial score (nSPS) is 18.1. The van der Waals surface area contributed by atoms with Gasteiger partial charge in [-0.05, 0) is 18.9 Å². The van der Waals surface area contributed by atoms with E-state index in [1.807, 2.05) is 6.07 Å². The van der Waals surface area contributed by atoms with Gasteiger partial charge >= 0.3 is 0 Å². The molecule has 1 aliphatic carbocycles. The fourth-order valence-corrected chi connectivity index (χ4v) is 3.83. The third-order valence-corrected chi connectivity index (χ3v) is 5.00. The van der Waals surface area contributed by atoms with Crippen LogP contribution in [0.5, 0.6) is 0 Å². The Balaban J connectivity index is 2.30. The van der Waals surface area contributed by atoms with Crippen molar-refractivity contribution in [1.29, 1.82) is 5.26 Å².